The molecule has 2 aromatic heterocycles. The van der Waals surface area contributed by atoms with Crippen LogP contribution < -0.4 is 5.73 Å². The second-order valence-corrected chi connectivity index (χ2v) is 6.72. The summed E-state index contributed by atoms with van der Waals surface area (Å²) in [6.45, 7) is 7.42. The highest BCUT2D eigenvalue weighted by atomic mass is 16.3. The molecule has 2 amide bonds. The van der Waals surface area contributed by atoms with Crippen molar-refractivity contribution in [2.75, 3.05) is 19.6 Å². The molecule has 2 N–H and O–H groups in total. The fourth-order valence-electron chi connectivity index (χ4n) is 3.11. The first-order chi connectivity index (χ1) is 11.3. The maximum atomic E-state index is 12.9. The van der Waals surface area contributed by atoms with Crippen LogP contribution in [0, 0.1) is 0 Å². The Labute approximate surface area is 139 Å². The maximum Gasteiger partial charge on any atom is 0.256 e. The maximum absolute atomic E-state index is 12.9. The molecule has 0 bridgehead atoms. The highest BCUT2D eigenvalue weighted by Gasteiger charge is 2.39. The minimum atomic E-state index is -0.435. The minimum Gasteiger partial charge on any atom is -0.442 e. The van der Waals surface area contributed by atoms with E-state index in [1.807, 2.05) is 18.7 Å². The van der Waals surface area contributed by atoms with E-state index in [9.17, 15) is 9.59 Å². The van der Waals surface area contributed by atoms with Crippen LogP contribution in [0.3, 0.4) is 0 Å². The van der Waals surface area contributed by atoms with Gasteiger partial charge < -0.3 is 15.1 Å². The summed E-state index contributed by atoms with van der Waals surface area (Å²) in [7, 11) is 0. The normalized spacial score (nSPS) is 19.4. The van der Waals surface area contributed by atoms with Gasteiger partial charge in [-0.3, -0.25) is 14.5 Å². The number of oxazole rings is 1. The van der Waals surface area contributed by atoms with Crippen LogP contribution in [0.25, 0.3) is 11.2 Å². The molecule has 0 saturated carbocycles. The monoisotopic (exact) mass is 331 g/mol. The van der Waals surface area contributed by atoms with Gasteiger partial charge >= 0.3 is 0 Å². The van der Waals surface area contributed by atoms with Crippen LogP contribution in [0.5, 0.6) is 0 Å². The molecule has 0 spiro atoms. The third-order valence-electron chi connectivity index (χ3n) is 4.57. The fraction of sp³-hybridized carbons (Fsp3) is 0.500. The van der Waals surface area contributed by atoms with E-state index < -0.39 is 5.54 Å². The van der Waals surface area contributed by atoms with Crippen molar-refractivity contribution < 1.29 is 14.0 Å². The van der Waals surface area contributed by atoms with Crippen molar-refractivity contribution >= 4 is 23.0 Å². The van der Waals surface area contributed by atoms with E-state index in [-0.39, 0.29) is 17.9 Å². The molecule has 3 heterocycles. The summed E-state index contributed by atoms with van der Waals surface area (Å²) in [6.07, 6.45) is 2.82. The van der Waals surface area contributed by atoms with Crippen LogP contribution in [0.4, 0.5) is 0 Å². The zero-order valence-corrected chi connectivity index (χ0v) is 14.0. The first-order valence-corrected chi connectivity index (χ1v) is 7.84. The number of hydrogen-bond acceptors (Lipinski definition) is 6. The van der Waals surface area contributed by atoms with Crippen LogP contribution in [0.2, 0.25) is 0 Å². The van der Waals surface area contributed by atoms with E-state index in [0.29, 0.717) is 36.4 Å². The first kappa shape index (κ1) is 16.4. The predicted molar refractivity (Wildman–Crippen MR) is 87.1 cm³/mol. The molecule has 1 aliphatic rings. The third kappa shape index (κ3) is 2.84. The van der Waals surface area contributed by atoms with Crippen molar-refractivity contribution in [3.05, 3.63) is 24.2 Å². The Morgan fingerprint density at radius 3 is 2.75 bits per heavy atom. The van der Waals surface area contributed by atoms with E-state index in [0.717, 1.165) is 0 Å². The Bertz CT molecular complexity index is 785. The smallest absolute Gasteiger partial charge is 0.256 e. The van der Waals surface area contributed by atoms with E-state index >= 15 is 0 Å². The zero-order valence-electron chi connectivity index (χ0n) is 14.0. The Kier molecular flexibility index (Phi) is 4.00. The molecule has 8 heteroatoms. The van der Waals surface area contributed by atoms with E-state index in [2.05, 4.69) is 9.97 Å². The quantitative estimate of drug-likeness (QED) is 0.884. The molecule has 0 aliphatic carbocycles. The second kappa shape index (κ2) is 5.86. The number of rotatable bonds is 3. The number of aromatic nitrogens is 2. The van der Waals surface area contributed by atoms with Gasteiger partial charge in [0.1, 0.15) is 0 Å². The van der Waals surface area contributed by atoms with E-state index in [1.165, 1.54) is 12.6 Å². The topological polar surface area (TPSA) is 106 Å². The van der Waals surface area contributed by atoms with Gasteiger partial charge in [-0.05, 0) is 26.8 Å². The number of pyridine rings is 1. The summed E-state index contributed by atoms with van der Waals surface area (Å²) in [6, 6.07) is 1.31. The standard InChI is InChI=1S/C16H21N5O3/c1-10(13(17)22)20-4-5-21(16(2,3)8-20)15(23)11-6-12-14(18-7-11)19-9-24-12/h6-7,9-10H,4-5,8H2,1-3H3,(H2,17,22). The Balaban J connectivity index is 1.81. The molecule has 2 aromatic rings. The molecule has 1 aliphatic heterocycles. The Morgan fingerprint density at radius 1 is 1.33 bits per heavy atom. The van der Waals surface area contributed by atoms with Crippen LogP contribution >= 0.6 is 0 Å². The SMILES string of the molecule is CC(C(N)=O)N1CCN(C(=O)c2cnc3ncoc3c2)C(C)(C)C1. The first-order valence-electron chi connectivity index (χ1n) is 7.84. The molecule has 0 radical (unpaired) electrons. The average Bonchev–Trinajstić information content (AvgIpc) is 2.99. The Morgan fingerprint density at radius 2 is 2.08 bits per heavy atom. The van der Waals surface area contributed by atoms with Crippen molar-refractivity contribution in [3.8, 4) is 0 Å². The van der Waals surface area contributed by atoms with Gasteiger partial charge in [0.05, 0.1) is 17.1 Å². The number of carbonyl (C=O) groups excluding carboxylic acids is 2. The van der Waals surface area contributed by atoms with Crippen LogP contribution in [-0.4, -0.2) is 62.8 Å². The molecule has 3 rings (SSSR count). The number of amides is 2. The molecule has 1 unspecified atom stereocenters. The van der Waals surface area contributed by atoms with Gasteiger partial charge in [0.2, 0.25) is 5.91 Å². The summed E-state index contributed by atoms with van der Waals surface area (Å²) in [5.74, 6) is -0.470. The lowest BCUT2D eigenvalue weighted by Gasteiger charge is -2.48. The second-order valence-electron chi connectivity index (χ2n) is 6.72. The Hall–Kier alpha value is -2.48. The lowest BCUT2D eigenvalue weighted by atomic mass is 9.96. The van der Waals surface area contributed by atoms with Gasteiger partial charge in [-0.1, -0.05) is 0 Å². The number of primary amides is 1. The fourth-order valence-corrected chi connectivity index (χ4v) is 3.11. The number of nitrogens with zero attached hydrogens (tertiary/aromatic N) is 4. The van der Waals surface area contributed by atoms with Gasteiger partial charge in [-0.15, -0.1) is 0 Å². The average molecular weight is 331 g/mol. The highest BCUT2D eigenvalue weighted by molar-refractivity contribution is 5.96. The van der Waals surface area contributed by atoms with Crippen molar-refractivity contribution in [3.63, 3.8) is 0 Å². The summed E-state index contributed by atoms with van der Waals surface area (Å²) in [5, 5.41) is 0. The summed E-state index contributed by atoms with van der Waals surface area (Å²) in [5.41, 5.74) is 6.39. The van der Waals surface area contributed by atoms with Crippen molar-refractivity contribution in [1.82, 2.24) is 19.8 Å². The number of piperazine rings is 1. The summed E-state index contributed by atoms with van der Waals surface area (Å²) in [4.78, 5) is 36.2. The summed E-state index contributed by atoms with van der Waals surface area (Å²) >= 11 is 0. The lowest BCUT2D eigenvalue weighted by molar-refractivity contribution is -0.124. The molecule has 24 heavy (non-hydrogen) atoms. The highest BCUT2D eigenvalue weighted by Crippen LogP contribution is 2.25. The molecule has 128 valence electrons. The van der Waals surface area contributed by atoms with Gasteiger partial charge in [-0.25, -0.2) is 4.98 Å². The molecule has 1 atom stereocenters. The van der Waals surface area contributed by atoms with Crippen molar-refractivity contribution in [2.24, 2.45) is 5.73 Å². The molecule has 1 saturated heterocycles. The lowest BCUT2D eigenvalue weighted by Crippen LogP contribution is -2.63. The van der Waals surface area contributed by atoms with Gasteiger partial charge in [0.15, 0.2) is 17.6 Å². The van der Waals surface area contributed by atoms with Crippen molar-refractivity contribution in [2.45, 2.75) is 32.4 Å². The number of fused-ring (bicyclic) bond motifs is 1. The molecule has 8 nitrogen and oxygen atoms in total. The molecular weight excluding hydrogens is 310 g/mol. The predicted octanol–water partition coefficient (Wildman–Crippen LogP) is 0.633. The third-order valence-corrected chi connectivity index (χ3v) is 4.57. The summed E-state index contributed by atoms with van der Waals surface area (Å²) < 4.78 is 5.22. The molecule has 0 aromatic carbocycles. The van der Waals surface area contributed by atoms with Crippen LogP contribution in [0.1, 0.15) is 31.1 Å². The van der Waals surface area contributed by atoms with E-state index in [1.54, 1.807) is 17.9 Å². The van der Waals surface area contributed by atoms with Crippen molar-refractivity contribution in [1.29, 1.82) is 0 Å². The van der Waals surface area contributed by atoms with Gasteiger partial charge in [-0.2, -0.15) is 4.98 Å². The van der Waals surface area contributed by atoms with E-state index in [4.69, 9.17) is 10.2 Å². The zero-order chi connectivity index (χ0) is 17.5. The largest absolute Gasteiger partial charge is 0.442 e. The van der Waals surface area contributed by atoms with Gasteiger partial charge in [0, 0.05) is 25.8 Å². The van der Waals surface area contributed by atoms with Gasteiger partial charge in [0.25, 0.3) is 5.91 Å². The molecule has 1 fully saturated rings. The number of carbonyl (C=O) groups is 2. The number of hydrogen-bond donors (Lipinski definition) is 1. The van der Waals surface area contributed by atoms with Crippen LogP contribution in [-0.2, 0) is 4.79 Å². The molecular formula is C16H21N5O3. The number of nitrogens with two attached hydrogens (primary N) is 1. The minimum absolute atomic E-state index is 0.114. The van der Waals surface area contributed by atoms with Crippen LogP contribution in [0.15, 0.2) is 23.1 Å².